The monoisotopic (exact) mass is 176 g/mol. The fourth-order valence-electron chi connectivity index (χ4n) is 1.87. The van der Waals surface area contributed by atoms with E-state index in [-0.39, 0.29) is 5.38 Å². The Morgan fingerprint density at radius 3 is 2.55 bits per heavy atom. The van der Waals surface area contributed by atoms with E-state index in [1.165, 1.54) is 12.8 Å². The summed E-state index contributed by atoms with van der Waals surface area (Å²) in [5.74, 6) is -0.403. The Morgan fingerprint density at radius 1 is 1.18 bits per heavy atom. The van der Waals surface area contributed by atoms with Crippen molar-refractivity contribution in [2.45, 2.75) is 36.8 Å². The first-order valence-electron chi connectivity index (χ1n) is 4.25. The number of ether oxygens (including phenoxy) is 2. The highest BCUT2D eigenvalue weighted by molar-refractivity contribution is 6.21. The van der Waals surface area contributed by atoms with E-state index in [1.807, 2.05) is 0 Å². The Kier molecular flexibility index (Phi) is 2.08. The lowest BCUT2D eigenvalue weighted by Crippen LogP contribution is -2.42. The summed E-state index contributed by atoms with van der Waals surface area (Å²) in [5, 5.41) is 0.0683. The molecule has 0 bridgehead atoms. The van der Waals surface area contributed by atoms with Crippen LogP contribution in [0.15, 0.2) is 0 Å². The van der Waals surface area contributed by atoms with Crippen LogP contribution in [0.2, 0.25) is 0 Å². The zero-order chi connectivity index (χ0) is 7.73. The van der Waals surface area contributed by atoms with Gasteiger partial charge in [-0.25, -0.2) is 0 Å². The molecular weight excluding hydrogens is 164 g/mol. The van der Waals surface area contributed by atoms with Crippen molar-refractivity contribution >= 4 is 11.6 Å². The highest BCUT2D eigenvalue weighted by Gasteiger charge is 2.44. The van der Waals surface area contributed by atoms with Crippen LogP contribution < -0.4 is 0 Å². The molecule has 64 valence electrons. The second-order valence-corrected chi connectivity index (χ2v) is 3.75. The van der Waals surface area contributed by atoms with Gasteiger partial charge in [0, 0.05) is 6.42 Å². The van der Waals surface area contributed by atoms with Gasteiger partial charge in [0.25, 0.3) is 0 Å². The fraction of sp³-hybridized carbons (Fsp3) is 1.00. The third-order valence-corrected chi connectivity index (χ3v) is 3.04. The molecule has 2 rings (SSSR count). The van der Waals surface area contributed by atoms with Gasteiger partial charge in [-0.05, 0) is 12.8 Å². The van der Waals surface area contributed by atoms with E-state index in [1.54, 1.807) is 0 Å². The van der Waals surface area contributed by atoms with Gasteiger partial charge in [-0.15, -0.1) is 11.6 Å². The van der Waals surface area contributed by atoms with Crippen LogP contribution in [0.5, 0.6) is 0 Å². The van der Waals surface area contributed by atoms with Crippen molar-refractivity contribution in [1.82, 2.24) is 0 Å². The van der Waals surface area contributed by atoms with E-state index >= 15 is 0 Å². The zero-order valence-corrected chi connectivity index (χ0v) is 7.27. The van der Waals surface area contributed by atoms with Gasteiger partial charge in [-0.3, -0.25) is 0 Å². The first-order chi connectivity index (χ1) is 5.33. The lowest BCUT2D eigenvalue weighted by atomic mass is 9.94. The largest absolute Gasteiger partial charge is 0.346 e. The Balaban J connectivity index is 2.07. The Morgan fingerprint density at radius 2 is 1.91 bits per heavy atom. The van der Waals surface area contributed by atoms with Gasteiger partial charge >= 0.3 is 0 Å². The second kappa shape index (κ2) is 2.92. The van der Waals surface area contributed by atoms with Gasteiger partial charge < -0.3 is 9.47 Å². The summed E-state index contributed by atoms with van der Waals surface area (Å²) in [4.78, 5) is 0. The predicted molar refractivity (Wildman–Crippen MR) is 42.7 cm³/mol. The number of alkyl halides is 1. The number of hydrogen-bond donors (Lipinski definition) is 0. The van der Waals surface area contributed by atoms with E-state index in [0.717, 1.165) is 12.8 Å². The predicted octanol–water partition coefficient (Wildman–Crippen LogP) is 1.91. The van der Waals surface area contributed by atoms with Gasteiger partial charge in [-0.1, -0.05) is 6.42 Å². The topological polar surface area (TPSA) is 18.5 Å². The van der Waals surface area contributed by atoms with Crippen molar-refractivity contribution in [3.8, 4) is 0 Å². The number of rotatable bonds is 0. The van der Waals surface area contributed by atoms with Crippen molar-refractivity contribution in [1.29, 1.82) is 0 Å². The molecule has 1 saturated heterocycles. The normalized spacial score (nSPS) is 36.3. The third-order valence-electron chi connectivity index (χ3n) is 2.49. The van der Waals surface area contributed by atoms with E-state index in [9.17, 15) is 0 Å². The molecule has 1 saturated carbocycles. The van der Waals surface area contributed by atoms with E-state index in [2.05, 4.69) is 0 Å². The minimum atomic E-state index is -0.403. The Hall–Kier alpha value is 0.210. The molecule has 1 heterocycles. The van der Waals surface area contributed by atoms with Gasteiger partial charge in [-0.2, -0.15) is 0 Å². The minimum Gasteiger partial charge on any atom is -0.346 e. The SMILES string of the molecule is Cl[C@@H]1CCCCC12OCCO2. The molecule has 11 heavy (non-hydrogen) atoms. The third kappa shape index (κ3) is 1.28. The molecule has 3 heteroatoms. The standard InChI is InChI=1S/C8H13ClO2/c9-7-3-1-2-4-8(7)10-5-6-11-8/h7H,1-6H2/t7-/m1/s1. The first-order valence-corrected chi connectivity index (χ1v) is 4.69. The number of halogens is 1. The summed E-state index contributed by atoms with van der Waals surface area (Å²) < 4.78 is 11.1. The molecule has 1 aliphatic carbocycles. The van der Waals surface area contributed by atoms with Crippen molar-refractivity contribution in [3.05, 3.63) is 0 Å². The highest BCUT2D eigenvalue weighted by atomic mass is 35.5. The average Bonchev–Trinajstić information content (AvgIpc) is 2.46. The number of hydrogen-bond acceptors (Lipinski definition) is 2. The van der Waals surface area contributed by atoms with Crippen LogP contribution in [0, 0.1) is 0 Å². The molecule has 2 fully saturated rings. The maximum atomic E-state index is 6.13. The molecule has 0 N–H and O–H groups in total. The van der Waals surface area contributed by atoms with Gasteiger partial charge in [0.2, 0.25) is 0 Å². The molecule has 1 spiro atoms. The molecule has 1 aliphatic heterocycles. The quantitative estimate of drug-likeness (QED) is 0.525. The van der Waals surface area contributed by atoms with Crippen molar-refractivity contribution in [2.24, 2.45) is 0 Å². The van der Waals surface area contributed by atoms with E-state index in [4.69, 9.17) is 21.1 Å². The molecule has 0 aromatic carbocycles. The molecule has 0 radical (unpaired) electrons. The molecule has 2 aliphatic rings. The van der Waals surface area contributed by atoms with Crippen LogP contribution in [0.25, 0.3) is 0 Å². The molecular formula is C8H13ClO2. The summed E-state index contributed by atoms with van der Waals surface area (Å²) in [7, 11) is 0. The molecule has 0 aromatic rings. The van der Waals surface area contributed by atoms with Crippen molar-refractivity contribution in [2.75, 3.05) is 13.2 Å². The average molecular weight is 177 g/mol. The Labute approximate surface area is 71.8 Å². The second-order valence-electron chi connectivity index (χ2n) is 3.22. The van der Waals surface area contributed by atoms with E-state index in [0.29, 0.717) is 13.2 Å². The minimum absolute atomic E-state index is 0.0683. The maximum absolute atomic E-state index is 6.13. The fourth-order valence-corrected chi connectivity index (χ4v) is 2.26. The molecule has 0 amide bonds. The summed E-state index contributed by atoms with van der Waals surface area (Å²) in [6, 6.07) is 0. The molecule has 1 atom stereocenters. The van der Waals surface area contributed by atoms with Gasteiger partial charge in [0.05, 0.1) is 18.6 Å². The molecule has 0 unspecified atom stereocenters. The van der Waals surface area contributed by atoms with Crippen LogP contribution in [-0.4, -0.2) is 24.4 Å². The lowest BCUT2D eigenvalue weighted by molar-refractivity contribution is -0.173. The summed E-state index contributed by atoms with van der Waals surface area (Å²) in [5.41, 5.74) is 0. The van der Waals surface area contributed by atoms with Gasteiger partial charge in [0.15, 0.2) is 5.79 Å². The maximum Gasteiger partial charge on any atom is 0.184 e. The van der Waals surface area contributed by atoms with Crippen molar-refractivity contribution in [3.63, 3.8) is 0 Å². The van der Waals surface area contributed by atoms with Crippen LogP contribution in [0.4, 0.5) is 0 Å². The molecule has 0 aromatic heterocycles. The lowest BCUT2D eigenvalue weighted by Gasteiger charge is -2.35. The van der Waals surface area contributed by atoms with Crippen molar-refractivity contribution < 1.29 is 9.47 Å². The first kappa shape index (κ1) is 7.84. The zero-order valence-electron chi connectivity index (χ0n) is 6.51. The highest BCUT2D eigenvalue weighted by Crippen LogP contribution is 2.38. The summed E-state index contributed by atoms with van der Waals surface area (Å²) >= 11 is 6.13. The van der Waals surface area contributed by atoms with Crippen LogP contribution in [0.3, 0.4) is 0 Å². The van der Waals surface area contributed by atoms with Crippen LogP contribution >= 0.6 is 11.6 Å². The summed E-state index contributed by atoms with van der Waals surface area (Å²) in [6.45, 7) is 1.42. The summed E-state index contributed by atoms with van der Waals surface area (Å²) in [6.07, 6.45) is 4.40. The van der Waals surface area contributed by atoms with Crippen LogP contribution in [0.1, 0.15) is 25.7 Å². The smallest absolute Gasteiger partial charge is 0.184 e. The van der Waals surface area contributed by atoms with E-state index < -0.39 is 5.79 Å². The molecule has 2 nitrogen and oxygen atoms in total. The van der Waals surface area contributed by atoms with Crippen LogP contribution in [-0.2, 0) is 9.47 Å². The van der Waals surface area contributed by atoms with Gasteiger partial charge in [0.1, 0.15) is 0 Å². The Bertz CT molecular complexity index is 143.